The number of hydrogen-bond acceptors (Lipinski definition) is 4. The molecule has 0 spiro atoms. The second kappa shape index (κ2) is 8.54. The van der Waals surface area contributed by atoms with Crippen LogP contribution in [0.4, 0.5) is 4.79 Å². The van der Waals surface area contributed by atoms with Crippen molar-refractivity contribution in [3.05, 3.63) is 35.4 Å². The molecular weight excluding hydrogens is 290 g/mol. The lowest BCUT2D eigenvalue weighted by Gasteiger charge is -2.25. The summed E-state index contributed by atoms with van der Waals surface area (Å²) in [5, 5.41) is 15.3. The van der Waals surface area contributed by atoms with Crippen molar-refractivity contribution in [3.8, 4) is 6.07 Å². The van der Waals surface area contributed by atoms with Gasteiger partial charge in [0.2, 0.25) is 0 Å². The number of hydrogen-bond donors (Lipinski definition) is 2. The fourth-order valence-corrected chi connectivity index (χ4v) is 2.08. The van der Waals surface area contributed by atoms with Crippen molar-refractivity contribution in [2.75, 3.05) is 6.54 Å². The van der Waals surface area contributed by atoms with E-state index >= 15 is 0 Å². The van der Waals surface area contributed by atoms with Gasteiger partial charge in [0.25, 0.3) is 0 Å². The highest BCUT2D eigenvalue weighted by molar-refractivity contribution is 5.67. The maximum Gasteiger partial charge on any atom is 0.407 e. The molecule has 5 nitrogen and oxygen atoms in total. The molecule has 2 N–H and O–H groups in total. The molecular formula is C18H27N3O2. The van der Waals surface area contributed by atoms with Crippen molar-refractivity contribution >= 4 is 6.09 Å². The summed E-state index contributed by atoms with van der Waals surface area (Å²) in [7, 11) is 0. The van der Waals surface area contributed by atoms with Gasteiger partial charge in [-0.25, -0.2) is 4.79 Å². The Hall–Kier alpha value is -2.06. The molecule has 0 heterocycles. The summed E-state index contributed by atoms with van der Waals surface area (Å²) >= 11 is 0. The Morgan fingerprint density at radius 2 is 1.96 bits per heavy atom. The minimum absolute atomic E-state index is 0.0919. The van der Waals surface area contributed by atoms with Crippen molar-refractivity contribution < 1.29 is 9.53 Å². The number of nitrogens with zero attached hydrogens (tertiary/aromatic N) is 1. The normalized spacial score (nSPS) is 12.6. The third-order valence-electron chi connectivity index (χ3n) is 3.36. The summed E-state index contributed by atoms with van der Waals surface area (Å²) in [4.78, 5) is 11.8. The highest BCUT2D eigenvalue weighted by Gasteiger charge is 2.19. The van der Waals surface area contributed by atoms with Crippen LogP contribution in [-0.2, 0) is 11.3 Å². The zero-order valence-electron chi connectivity index (χ0n) is 14.6. The van der Waals surface area contributed by atoms with Gasteiger partial charge in [0.15, 0.2) is 0 Å². The Morgan fingerprint density at radius 3 is 2.52 bits per heavy atom. The van der Waals surface area contributed by atoms with Gasteiger partial charge in [-0.2, -0.15) is 5.26 Å². The highest BCUT2D eigenvalue weighted by atomic mass is 16.6. The monoisotopic (exact) mass is 317 g/mol. The smallest absolute Gasteiger partial charge is 0.407 e. The molecule has 5 heteroatoms. The molecule has 0 bridgehead atoms. The third-order valence-corrected chi connectivity index (χ3v) is 3.36. The zero-order chi connectivity index (χ0) is 17.5. The zero-order valence-corrected chi connectivity index (χ0v) is 14.6. The molecule has 1 amide bonds. The molecule has 0 aliphatic rings. The second-order valence-corrected chi connectivity index (χ2v) is 6.88. The van der Waals surface area contributed by atoms with Crippen molar-refractivity contribution in [1.82, 2.24) is 10.6 Å². The van der Waals surface area contributed by atoms with E-state index in [1.165, 1.54) is 0 Å². The number of carbonyl (C=O) groups is 1. The molecule has 0 saturated carbocycles. The van der Waals surface area contributed by atoms with E-state index in [2.05, 4.69) is 30.6 Å². The summed E-state index contributed by atoms with van der Waals surface area (Å²) in [5.41, 5.74) is 1.12. The first-order valence-electron chi connectivity index (χ1n) is 7.91. The van der Waals surface area contributed by atoms with E-state index in [4.69, 9.17) is 10.00 Å². The molecule has 0 aliphatic heterocycles. The number of ether oxygens (including phenoxy) is 1. The van der Waals surface area contributed by atoms with Gasteiger partial charge in [-0.15, -0.1) is 0 Å². The summed E-state index contributed by atoms with van der Waals surface area (Å²) in [5.74, 6) is 0.333. The standard InChI is InChI=1S/C18H27N3O2/c1-13(2)16(12-21-17(22)23-18(3,4)5)20-11-15-9-7-6-8-14(15)10-19/h6-9,13,16,20H,11-12H2,1-5H3,(H,21,22). The lowest BCUT2D eigenvalue weighted by Crippen LogP contribution is -2.45. The summed E-state index contributed by atoms with van der Waals surface area (Å²) < 4.78 is 5.25. The summed E-state index contributed by atoms with van der Waals surface area (Å²) in [6.07, 6.45) is -0.414. The molecule has 126 valence electrons. The van der Waals surface area contributed by atoms with Crippen LogP contribution in [0.3, 0.4) is 0 Å². The van der Waals surface area contributed by atoms with Crippen molar-refractivity contribution in [2.45, 2.75) is 52.8 Å². The Kier molecular flexibility index (Phi) is 7.05. The fourth-order valence-electron chi connectivity index (χ4n) is 2.08. The molecule has 1 atom stereocenters. The molecule has 1 rings (SSSR count). The average Bonchev–Trinajstić information content (AvgIpc) is 2.45. The van der Waals surface area contributed by atoms with E-state index in [1.54, 1.807) is 6.07 Å². The predicted molar refractivity (Wildman–Crippen MR) is 90.9 cm³/mol. The van der Waals surface area contributed by atoms with Gasteiger partial charge in [-0.3, -0.25) is 0 Å². The van der Waals surface area contributed by atoms with Gasteiger partial charge in [-0.1, -0.05) is 32.0 Å². The molecule has 0 fully saturated rings. The lowest BCUT2D eigenvalue weighted by atomic mass is 10.0. The van der Waals surface area contributed by atoms with Gasteiger partial charge in [0.1, 0.15) is 5.60 Å². The van der Waals surface area contributed by atoms with Crippen LogP contribution in [-0.4, -0.2) is 24.3 Å². The Morgan fingerprint density at radius 1 is 1.30 bits per heavy atom. The van der Waals surface area contributed by atoms with Crippen molar-refractivity contribution in [2.24, 2.45) is 5.92 Å². The number of rotatable bonds is 6. The van der Waals surface area contributed by atoms with E-state index in [-0.39, 0.29) is 6.04 Å². The number of nitrogens with one attached hydrogen (secondary N) is 2. The quantitative estimate of drug-likeness (QED) is 0.845. The largest absolute Gasteiger partial charge is 0.444 e. The van der Waals surface area contributed by atoms with Crippen LogP contribution in [0.15, 0.2) is 24.3 Å². The Labute approximate surface area is 139 Å². The van der Waals surface area contributed by atoms with Crippen LogP contribution >= 0.6 is 0 Å². The van der Waals surface area contributed by atoms with Gasteiger partial charge < -0.3 is 15.4 Å². The molecule has 1 unspecified atom stereocenters. The Balaban J connectivity index is 2.56. The summed E-state index contributed by atoms with van der Waals surface area (Å²) in [6, 6.07) is 9.80. The minimum atomic E-state index is -0.503. The van der Waals surface area contributed by atoms with Crippen LogP contribution in [0.2, 0.25) is 0 Å². The average molecular weight is 317 g/mol. The molecule has 0 aromatic heterocycles. The predicted octanol–water partition coefficient (Wildman–Crippen LogP) is 3.20. The molecule has 23 heavy (non-hydrogen) atoms. The van der Waals surface area contributed by atoms with Gasteiger partial charge in [0.05, 0.1) is 11.6 Å². The molecule has 1 aromatic rings. The Bertz CT molecular complexity index is 556. The second-order valence-electron chi connectivity index (χ2n) is 6.88. The first-order chi connectivity index (χ1) is 10.7. The number of carbonyl (C=O) groups excluding carboxylic acids is 1. The third kappa shape index (κ3) is 7.16. The molecule has 1 aromatic carbocycles. The maximum absolute atomic E-state index is 11.8. The number of amides is 1. The lowest BCUT2D eigenvalue weighted by molar-refractivity contribution is 0.0519. The first-order valence-corrected chi connectivity index (χ1v) is 7.91. The minimum Gasteiger partial charge on any atom is -0.444 e. The van der Waals surface area contributed by atoms with E-state index in [9.17, 15) is 4.79 Å². The maximum atomic E-state index is 11.8. The van der Waals surface area contributed by atoms with E-state index in [1.807, 2.05) is 39.0 Å². The highest BCUT2D eigenvalue weighted by Crippen LogP contribution is 2.10. The van der Waals surface area contributed by atoms with Gasteiger partial charge >= 0.3 is 6.09 Å². The first kappa shape index (κ1) is 19.0. The summed E-state index contributed by atoms with van der Waals surface area (Å²) in [6.45, 7) is 10.7. The SMILES string of the molecule is CC(C)C(CNC(=O)OC(C)(C)C)NCc1ccccc1C#N. The topological polar surface area (TPSA) is 74.2 Å². The number of nitriles is 1. The number of alkyl carbamates (subject to hydrolysis) is 1. The molecule has 0 saturated heterocycles. The molecule has 0 aliphatic carbocycles. The van der Waals surface area contributed by atoms with Crippen LogP contribution in [0.25, 0.3) is 0 Å². The van der Waals surface area contributed by atoms with Gasteiger partial charge in [-0.05, 0) is 38.3 Å². The number of benzene rings is 1. The van der Waals surface area contributed by atoms with Crippen LogP contribution in [0.1, 0.15) is 45.7 Å². The van der Waals surface area contributed by atoms with E-state index in [0.29, 0.717) is 24.6 Å². The van der Waals surface area contributed by atoms with Crippen LogP contribution in [0.5, 0.6) is 0 Å². The fraction of sp³-hybridized carbons (Fsp3) is 0.556. The molecule has 0 radical (unpaired) electrons. The van der Waals surface area contributed by atoms with Gasteiger partial charge in [0, 0.05) is 19.1 Å². The van der Waals surface area contributed by atoms with Crippen molar-refractivity contribution in [3.63, 3.8) is 0 Å². The van der Waals surface area contributed by atoms with Crippen molar-refractivity contribution in [1.29, 1.82) is 5.26 Å². The van der Waals surface area contributed by atoms with E-state index < -0.39 is 11.7 Å². The van der Waals surface area contributed by atoms with Crippen LogP contribution < -0.4 is 10.6 Å². The van der Waals surface area contributed by atoms with Crippen LogP contribution in [0, 0.1) is 17.2 Å². The van der Waals surface area contributed by atoms with E-state index in [0.717, 1.165) is 5.56 Å².